The van der Waals surface area contributed by atoms with Crippen molar-refractivity contribution in [2.45, 2.75) is 26.7 Å². The highest BCUT2D eigenvalue weighted by Gasteiger charge is 2.37. The van der Waals surface area contributed by atoms with Crippen molar-refractivity contribution in [1.82, 2.24) is 14.9 Å². The molecule has 4 heterocycles. The second kappa shape index (κ2) is 5.19. The third kappa shape index (κ3) is 2.08. The lowest BCUT2D eigenvalue weighted by Crippen LogP contribution is -2.54. The van der Waals surface area contributed by atoms with Crippen molar-refractivity contribution in [2.24, 2.45) is 5.92 Å². The van der Waals surface area contributed by atoms with E-state index >= 15 is 0 Å². The van der Waals surface area contributed by atoms with Gasteiger partial charge in [-0.2, -0.15) is 0 Å². The van der Waals surface area contributed by atoms with Crippen LogP contribution in [0.4, 0.5) is 5.82 Å². The summed E-state index contributed by atoms with van der Waals surface area (Å²) >= 11 is 1.72. The van der Waals surface area contributed by atoms with Crippen molar-refractivity contribution in [3.05, 3.63) is 16.8 Å². The van der Waals surface area contributed by atoms with Gasteiger partial charge in [0.05, 0.1) is 11.3 Å². The molecule has 0 aromatic carbocycles. The zero-order chi connectivity index (χ0) is 15.3. The van der Waals surface area contributed by atoms with Gasteiger partial charge in [-0.05, 0) is 32.3 Å². The van der Waals surface area contributed by atoms with Gasteiger partial charge in [0.15, 0.2) is 0 Å². The predicted octanol–water partition coefficient (Wildman–Crippen LogP) is 2.37. The topological polar surface area (TPSA) is 49.3 Å². The maximum absolute atomic E-state index is 12.4. The maximum Gasteiger partial charge on any atom is 0.229 e. The van der Waals surface area contributed by atoms with Gasteiger partial charge in [-0.1, -0.05) is 0 Å². The van der Waals surface area contributed by atoms with E-state index in [-0.39, 0.29) is 5.92 Å². The van der Waals surface area contributed by atoms with E-state index in [0.29, 0.717) is 5.91 Å². The maximum atomic E-state index is 12.4. The van der Waals surface area contributed by atoms with Crippen molar-refractivity contribution in [3.8, 4) is 0 Å². The molecule has 2 aliphatic rings. The molecule has 22 heavy (non-hydrogen) atoms. The molecule has 2 aromatic rings. The summed E-state index contributed by atoms with van der Waals surface area (Å²) < 4.78 is 0. The molecule has 0 radical (unpaired) electrons. The van der Waals surface area contributed by atoms with Gasteiger partial charge in [0.25, 0.3) is 0 Å². The first-order valence-corrected chi connectivity index (χ1v) is 8.71. The van der Waals surface area contributed by atoms with Gasteiger partial charge in [-0.15, -0.1) is 11.3 Å². The van der Waals surface area contributed by atoms with Crippen molar-refractivity contribution in [3.63, 3.8) is 0 Å². The largest absolute Gasteiger partial charge is 0.354 e. The second-order valence-corrected chi connectivity index (χ2v) is 7.50. The van der Waals surface area contributed by atoms with Crippen LogP contribution in [-0.4, -0.2) is 47.0 Å². The first kappa shape index (κ1) is 13.9. The Balaban J connectivity index is 1.54. The van der Waals surface area contributed by atoms with Crippen LogP contribution < -0.4 is 4.90 Å². The Hall–Kier alpha value is -1.69. The SMILES string of the molecule is Cc1sc2ncnc(N3CC(C(=O)N4CCCC4)C3)c2c1C. The van der Waals surface area contributed by atoms with Crippen molar-refractivity contribution >= 4 is 33.3 Å². The van der Waals surface area contributed by atoms with E-state index < -0.39 is 0 Å². The van der Waals surface area contributed by atoms with Gasteiger partial charge in [0.2, 0.25) is 5.91 Å². The lowest BCUT2D eigenvalue weighted by Gasteiger charge is -2.41. The van der Waals surface area contributed by atoms with E-state index in [0.717, 1.165) is 55.1 Å². The highest BCUT2D eigenvalue weighted by molar-refractivity contribution is 7.18. The number of fused-ring (bicyclic) bond motifs is 1. The first-order valence-electron chi connectivity index (χ1n) is 7.89. The van der Waals surface area contributed by atoms with Crippen LogP contribution in [0, 0.1) is 19.8 Å². The average molecular weight is 316 g/mol. The van der Waals surface area contributed by atoms with Crippen LogP contribution in [0.15, 0.2) is 6.33 Å². The minimum atomic E-state index is 0.142. The molecule has 0 atom stereocenters. The van der Waals surface area contributed by atoms with Crippen molar-refractivity contribution < 1.29 is 4.79 Å². The minimum Gasteiger partial charge on any atom is -0.354 e. The molecule has 0 N–H and O–H groups in total. The Morgan fingerprint density at radius 1 is 1.23 bits per heavy atom. The summed E-state index contributed by atoms with van der Waals surface area (Å²) in [6, 6.07) is 0. The molecular formula is C16H20N4OS. The van der Waals surface area contributed by atoms with E-state index in [1.807, 2.05) is 4.90 Å². The number of likely N-dealkylation sites (tertiary alicyclic amines) is 1. The van der Waals surface area contributed by atoms with Crippen LogP contribution in [0.3, 0.4) is 0 Å². The summed E-state index contributed by atoms with van der Waals surface area (Å²) in [6.07, 6.45) is 3.95. The van der Waals surface area contributed by atoms with E-state index in [9.17, 15) is 4.79 Å². The number of hydrogen-bond acceptors (Lipinski definition) is 5. The fourth-order valence-corrected chi connectivity index (χ4v) is 4.40. The highest BCUT2D eigenvalue weighted by atomic mass is 32.1. The number of hydrogen-bond donors (Lipinski definition) is 0. The Morgan fingerprint density at radius 2 is 1.95 bits per heavy atom. The van der Waals surface area contributed by atoms with E-state index in [1.165, 1.54) is 10.4 Å². The fraction of sp³-hybridized carbons (Fsp3) is 0.562. The molecular weight excluding hydrogens is 296 g/mol. The van der Waals surface area contributed by atoms with E-state index in [2.05, 4.69) is 28.7 Å². The lowest BCUT2D eigenvalue weighted by atomic mass is 9.98. The number of rotatable bonds is 2. The first-order chi connectivity index (χ1) is 10.6. The van der Waals surface area contributed by atoms with Gasteiger partial charge in [0, 0.05) is 31.1 Å². The summed E-state index contributed by atoms with van der Waals surface area (Å²) in [7, 11) is 0. The van der Waals surface area contributed by atoms with Crippen LogP contribution in [0.2, 0.25) is 0 Å². The molecule has 2 aromatic heterocycles. The Morgan fingerprint density at radius 3 is 2.68 bits per heavy atom. The van der Waals surface area contributed by atoms with Gasteiger partial charge in [-0.25, -0.2) is 9.97 Å². The molecule has 0 spiro atoms. The summed E-state index contributed by atoms with van der Waals surface area (Å²) in [6.45, 7) is 7.71. The summed E-state index contributed by atoms with van der Waals surface area (Å²) in [4.78, 5) is 27.9. The monoisotopic (exact) mass is 316 g/mol. The van der Waals surface area contributed by atoms with Gasteiger partial charge < -0.3 is 9.80 Å². The smallest absolute Gasteiger partial charge is 0.229 e. The Bertz CT molecular complexity index is 729. The fourth-order valence-electron chi connectivity index (χ4n) is 3.41. The number of amides is 1. The summed E-state index contributed by atoms with van der Waals surface area (Å²) in [5, 5.41) is 1.16. The summed E-state index contributed by atoms with van der Waals surface area (Å²) in [5.74, 6) is 1.47. The van der Waals surface area contributed by atoms with Crippen LogP contribution in [0.1, 0.15) is 23.3 Å². The van der Waals surface area contributed by atoms with Crippen molar-refractivity contribution in [1.29, 1.82) is 0 Å². The third-order valence-electron chi connectivity index (χ3n) is 4.89. The number of carbonyl (C=O) groups excluding carboxylic acids is 1. The van der Waals surface area contributed by atoms with E-state index in [4.69, 9.17) is 0 Å². The number of thiophene rings is 1. The van der Waals surface area contributed by atoms with Gasteiger partial charge in [-0.3, -0.25) is 4.79 Å². The normalized spacial score (nSPS) is 19.0. The summed E-state index contributed by atoms with van der Waals surface area (Å²) in [5.41, 5.74) is 1.27. The molecule has 2 saturated heterocycles. The third-order valence-corrected chi connectivity index (χ3v) is 6.01. The molecule has 116 valence electrons. The van der Waals surface area contributed by atoms with Gasteiger partial charge >= 0.3 is 0 Å². The predicted molar refractivity (Wildman–Crippen MR) is 88.4 cm³/mol. The standard InChI is InChI=1S/C16H20N4OS/c1-10-11(2)22-15-13(10)14(17-9-18-15)20-7-12(8-20)16(21)19-5-3-4-6-19/h9,12H,3-8H2,1-2H3. The van der Waals surface area contributed by atoms with Crippen molar-refractivity contribution in [2.75, 3.05) is 31.1 Å². The Kier molecular flexibility index (Phi) is 3.29. The molecule has 5 nitrogen and oxygen atoms in total. The van der Waals surface area contributed by atoms with Crippen LogP contribution >= 0.6 is 11.3 Å². The number of nitrogens with zero attached hydrogens (tertiary/aromatic N) is 4. The van der Waals surface area contributed by atoms with Crippen LogP contribution in [0.25, 0.3) is 10.2 Å². The molecule has 2 fully saturated rings. The van der Waals surface area contributed by atoms with Crippen LogP contribution in [-0.2, 0) is 4.79 Å². The highest BCUT2D eigenvalue weighted by Crippen LogP contribution is 2.36. The van der Waals surface area contributed by atoms with Gasteiger partial charge in [0.1, 0.15) is 17.0 Å². The lowest BCUT2D eigenvalue weighted by molar-refractivity contribution is -0.135. The number of aromatic nitrogens is 2. The number of carbonyl (C=O) groups is 1. The molecule has 0 bridgehead atoms. The van der Waals surface area contributed by atoms with E-state index in [1.54, 1.807) is 17.7 Å². The molecule has 0 aliphatic carbocycles. The quantitative estimate of drug-likeness (QED) is 0.853. The second-order valence-electron chi connectivity index (χ2n) is 6.29. The molecule has 2 aliphatic heterocycles. The Labute approximate surface area is 134 Å². The molecule has 0 saturated carbocycles. The zero-order valence-corrected chi connectivity index (χ0v) is 13.8. The minimum absolute atomic E-state index is 0.142. The molecule has 6 heteroatoms. The van der Waals surface area contributed by atoms with Crippen LogP contribution in [0.5, 0.6) is 0 Å². The zero-order valence-electron chi connectivity index (χ0n) is 13.0. The molecule has 1 amide bonds. The average Bonchev–Trinajstić information content (AvgIpc) is 3.07. The number of aryl methyl sites for hydroxylation is 2. The number of anilines is 1. The molecule has 4 rings (SSSR count). The molecule has 0 unspecified atom stereocenters.